The van der Waals surface area contributed by atoms with Gasteiger partial charge in [0.05, 0.1) is 18.6 Å². The Hall–Kier alpha value is -0.570. The molecule has 3 heteroatoms. The van der Waals surface area contributed by atoms with Crippen LogP contribution in [0.15, 0.2) is 0 Å². The van der Waals surface area contributed by atoms with E-state index in [0.29, 0.717) is 12.5 Å². The van der Waals surface area contributed by atoms with Crippen molar-refractivity contribution in [2.45, 2.75) is 39.7 Å². The van der Waals surface area contributed by atoms with E-state index in [4.69, 9.17) is 9.47 Å². The molecule has 0 aliphatic carbocycles. The lowest BCUT2D eigenvalue weighted by molar-refractivity contribution is -0.160. The molecule has 3 nitrogen and oxygen atoms in total. The highest BCUT2D eigenvalue weighted by Gasteiger charge is 2.34. The van der Waals surface area contributed by atoms with Gasteiger partial charge in [0.1, 0.15) is 0 Å². The van der Waals surface area contributed by atoms with E-state index in [1.54, 1.807) is 0 Å². The molecule has 1 aliphatic rings. The van der Waals surface area contributed by atoms with Gasteiger partial charge in [0, 0.05) is 6.61 Å². The first-order chi connectivity index (χ1) is 6.66. The molecule has 0 aromatic carbocycles. The summed E-state index contributed by atoms with van der Waals surface area (Å²) in [5.41, 5.74) is 0. The molecular weight excluding hydrogens is 180 g/mol. The lowest BCUT2D eigenvalue weighted by atomic mass is 9.87. The van der Waals surface area contributed by atoms with Crippen LogP contribution in [0.4, 0.5) is 0 Å². The van der Waals surface area contributed by atoms with Crippen molar-refractivity contribution in [2.24, 2.45) is 11.8 Å². The Morgan fingerprint density at radius 2 is 2.29 bits per heavy atom. The van der Waals surface area contributed by atoms with Gasteiger partial charge in [-0.3, -0.25) is 4.79 Å². The summed E-state index contributed by atoms with van der Waals surface area (Å²) in [6, 6.07) is 0. The minimum Gasteiger partial charge on any atom is -0.466 e. The first-order valence-corrected chi connectivity index (χ1v) is 5.45. The number of esters is 1. The predicted octanol–water partition coefficient (Wildman–Crippen LogP) is 2.00. The molecule has 0 aromatic rings. The van der Waals surface area contributed by atoms with Gasteiger partial charge in [-0.05, 0) is 25.7 Å². The second-order valence-corrected chi connectivity index (χ2v) is 4.08. The Morgan fingerprint density at radius 3 is 2.86 bits per heavy atom. The molecule has 0 amide bonds. The van der Waals surface area contributed by atoms with E-state index in [1.165, 1.54) is 0 Å². The third kappa shape index (κ3) is 2.71. The Balaban J connectivity index is 2.57. The van der Waals surface area contributed by atoms with Gasteiger partial charge in [0.25, 0.3) is 0 Å². The zero-order valence-corrected chi connectivity index (χ0v) is 9.29. The van der Waals surface area contributed by atoms with Crippen molar-refractivity contribution in [2.75, 3.05) is 13.2 Å². The van der Waals surface area contributed by atoms with E-state index in [1.807, 2.05) is 6.92 Å². The van der Waals surface area contributed by atoms with Crippen LogP contribution in [-0.4, -0.2) is 25.3 Å². The second kappa shape index (κ2) is 5.35. The maximum Gasteiger partial charge on any atom is 0.311 e. The number of ether oxygens (including phenoxy) is 2. The zero-order valence-electron chi connectivity index (χ0n) is 9.29. The van der Waals surface area contributed by atoms with E-state index >= 15 is 0 Å². The number of carbonyl (C=O) groups excluding carboxylic acids is 1. The highest BCUT2D eigenvalue weighted by Crippen LogP contribution is 2.27. The highest BCUT2D eigenvalue weighted by atomic mass is 16.5. The Morgan fingerprint density at radius 1 is 1.57 bits per heavy atom. The standard InChI is InChI=1S/C11H20O3/c1-4-13-11(12)9-6-5-7-14-10(9)8(2)3/h8-10H,4-7H2,1-3H3/t9-,10+/m1/s1. The third-order valence-electron chi connectivity index (χ3n) is 2.61. The van der Waals surface area contributed by atoms with Crippen LogP contribution in [0.3, 0.4) is 0 Å². The summed E-state index contributed by atoms with van der Waals surface area (Å²) in [5, 5.41) is 0. The quantitative estimate of drug-likeness (QED) is 0.654. The van der Waals surface area contributed by atoms with Crippen molar-refractivity contribution >= 4 is 5.97 Å². The van der Waals surface area contributed by atoms with Gasteiger partial charge in [-0.25, -0.2) is 0 Å². The van der Waals surface area contributed by atoms with Gasteiger partial charge in [0.2, 0.25) is 0 Å². The first kappa shape index (κ1) is 11.5. The maximum absolute atomic E-state index is 11.6. The fourth-order valence-corrected chi connectivity index (χ4v) is 1.96. The molecular formula is C11H20O3. The van der Waals surface area contributed by atoms with E-state index in [-0.39, 0.29) is 18.0 Å². The predicted molar refractivity (Wildman–Crippen MR) is 53.9 cm³/mol. The van der Waals surface area contributed by atoms with Crippen LogP contribution < -0.4 is 0 Å². The molecule has 0 bridgehead atoms. The molecule has 1 saturated heterocycles. The number of hydrogen-bond acceptors (Lipinski definition) is 3. The van der Waals surface area contributed by atoms with E-state index in [2.05, 4.69) is 13.8 Å². The molecule has 1 fully saturated rings. The van der Waals surface area contributed by atoms with E-state index in [0.717, 1.165) is 19.4 Å². The number of carbonyl (C=O) groups is 1. The van der Waals surface area contributed by atoms with E-state index in [9.17, 15) is 4.79 Å². The fourth-order valence-electron chi connectivity index (χ4n) is 1.96. The van der Waals surface area contributed by atoms with Gasteiger partial charge in [-0.2, -0.15) is 0 Å². The van der Waals surface area contributed by atoms with Crippen LogP contribution in [0.1, 0.15) is 33.6 Å². The van der Waals surface area contributed by atoms with Crippen LogP contribution in [0, 0.1) is 11.8 Å². The Labute approximate surface area is 85.8 Å². The molecule has 0 unspecified atom stereocenters. The number of rotatable bonds is 3. The minimum atomic E-state index is -0.0918. The summed E-state index contributed by atoms with van der Waals surface area (Å²) < 4.78 is 10.7. The molecule has 0 radical (unpaired) electrons. The van der Waals surface area contributed by atoms with Crippen LogP contribution in [0.25, 0.3) is 0 Å². The van der Waals surface area contributed by atoms with Gasteiger partial charge in [-0.1, -0.05) is 13.8 Å². The van der Waals surface area contributed by atoms with E-state index < -0.39 is 0 Å². The van der Waals surface area contributed by atoms with Crippen LogP contribution in [0.5, 0.6) is 0 Å². The second-order valence-electron chi connectivity index (χ2n) is 4.08. The molecule has 1 heterocycles. The average molecular weight is 200 g/mol. The van der Waals surface area contributed by atoms with Crippen molar-refractivity contribution in [3.63, 3.8) is 0 Å². The SMILES string of the molecule is CCOC(=O)[C@@H]1CCCO[C@H]1C(C)C. The monoisotopic (exact) mass is 200 g/mol. The summed E-state index contributed by atoms with van der Waals surface area (Å²) in [7, 11) is 0. The summed E-state index contributed by atoms with van der Waals surface area (Å²) in [6.07, 6.45) is 1.91. The van der Waals surface area contributed by atoms with Crippen molar-refractivity contribution in [3.05, 3.63) is 0 Å². The number of hydrogen-bond donors (Lipinski definition) is 0. The van der Waals surface area contributed by atoms with Crippen LogP contribution in [0.2, 0.25) is 0 Å². The lowest BCUT2D eigenvalue weighted by Crippen LogP contribution is -2.39. The van der Waals surface area contributed by atoms with Crippen molar-refractivity contribution < 1.29 is 14.3 Å². The fraction of sp³-hybridized carbons (Fsp3) is 0.909. The maximum atomic E-state index is 11.6. The lowest BCUT2D eigenvalue weighted by Gasteiger charge is -2.32. The molecule has 0 aromatic heterocycles. The molecule has 0 saturated carbocycles. The Kier molecular flexibility index (Phi) is 4.39. The van der Waals surface area contributed by atoms with Crippen LogP contribution >= 0.6 is 0 Å². The highest BCUT2D eigenvalue weighted by molar-refractivity contribution is 5.73. The smallest absolute Gasteiger partial charge is 0.311 e. The molecule has 2 atom stereocenters. The first-order valence-electron chi connectivity index (χ1n) is 5.45. The normalized spacial score (nSPS) is 27.7. The minimum absolute atomic E-state index is 0.0443. The zero-order chi connectivity index (χ0) is 10.6. The third-order valence-corrected chi connectivity index (χ3v) is 2.61. The Bertz CT molecular complexity index is 189. The molecule has 0 spiro atoms. The molecule has 1 aliphatic heterocycles. The summed E-state index contributed by atoms with van der Waals surface area (Å²) in [6.45, 7) is 7.25. The largest absolute Gasteiger partial charge is 0.466 e. The molecule has 14 heavy (non-hydrogen) atoms. The van der Waals surface area contributed by atoms with Gasteiger partial charge >= 0.3 is 5.97 Å². The van der Waals surface area contributed by atoms with Gasteiger partial charge in [-0.15, -0.1) is 0 Å². The van der Waals surface area contributed by atoms with Gasteiger partial charge in [0.15, 0.2) is 0 Å². The average Bonchev–Trinajstić information content (AvgIpc) is 2.18. The topological polar surface area (TPSA) is 35.5 Å². The summed E-state index contributed by atoms with van der Waals surface area (Å²) in [4.78, 5) is 11.6. The summed E-state index contributed by atoms with van der Waals surface area (Å²) in [5.74, 6) is 0.235. The summed E-state index contributed by atoms with van der Waals surface area (Å²) >= 11 is 0. The van der Waals surface area contributed by atoms with Gasteiger partial charge < -0.3 is 9.47 Å². The van der Waals surface area contributed by atoms with Crippen LogP contribution in [-0.2, 0) is 14.3 Å². The van der Waals surface area contributed by atoms with Crippen molar-refractivity contribution in [3.8, 4) is 0 Å². The molecule has 0 N–H and O–H groups in total. The molecule has 82 valence electrons. The van der Waals surface area contributed by atoms with Crippen molar-refractivity contribution in [1.29, 1.82) is 0 Å². The van der Waals surface area contributed by atoms with Crippen molar-refractivity contribution in [1.82, 2.24) is 0 Å². The molecule has 1 rings (SSSR count).